The lowest BCUT2D eigenvalue weighted by molar-refractivity contribution is -0.123. The van der Waals surface area contributed by atoms with Crippen molar-refractivity contribution >= 4 is 5.91 Å². The molecule has 0 atom stereocenters. The Bertz CT molecular complexity index is 578. The average Bonchev–Trinajstić information content (AvgIpc) is 2.98. The molecule has 110 valence electrons. The average molecular weight is 287 g/mol. The second kappa shape index (κ2) is 6.34. The van der Waals surface area contributed by atoms with Crippen LogP contribution < -0.4 is 10.1 Å². The summed E-state index contributed by atoms with van der Waals surface area (Å²) >= 11 is 0. The van der Waals surface area contributed by atoms with Gasteiger partial charge in [-0.25, -0.2) is 4.68 Å². The van der Waals surface area contributed by atoms with E-state index in [0.29, 0.717) is 11.7 Å². The van der Waals surface area contributed by atoms with Gasteiger partial charge in [-0.3, -0.25) is 4.79 Å². The number of nitrogens with one attached hydrogen (secondary N) is 1. The third-order valence-corrected chi connectivity index (χ3v) is 3.63. The van der Waals surface area contributed by atoms with E-state index in [1.54, 1.807) is 16.8 Å². The molecule has 1 saturated carbocycles. The summed E-state index contributed by atoms with van der Waals surface area (Å²) in [7, 11) is 0. The molecule has 1 aromatic heterocycles. The van der Waals surface area contributed by atoms with E-state index in [9.17, 15) is 4.79 Å². The molecule has 1 aromatic carbocycles. The maximum absolute atomic E-state index is 11.6. The van der Waals surface area contributed by atoms with Gasteiger partial charge in [-0.05, 0) is 53.5 Å². The van der Waals surface area contributed by atoms with E-state index in [2.05, 4.69) is 20.8 Å². The van der Waals surface area contributed by atoms with Crippen molar-refractivity contribution in [2.75, 3.05) is 13.2 Å². The predicted octanol–water partition coefficient (Wildman–Crippen LogP) is 0.957. The van der Waals surface area contributed by atoms with Gasteiger partial charge in [0.25, 0.3) is 5.91 Å². The van der Waals surface area contributed by atoms with Crippen LogP contribution in [0.2, 0.25) is 0 Å². The zero-order valence-corrected chi connectivity index (χ0v) is 11.6. The molecule has 0 aliphatic heterocycles. The van der Waals surface area contributed by atoms with Gasteiger partial charge in [0.15, 0.2) is 6.61 Å². The Morgan fingerprint density at radius 1 is 1.33 bits per heavy atom. The summed E-state index contributed by atoms with van der Waals surface area (Å²) in [5.74, 6) is 1.22. The Balaban J connectivity index is 1.45. The van der Waals surface area contributed by atoms with Gasteiger partial charge in [0, 0.05) is 6.54 Å². The summed E-state index contributed by atoms with van der Waals surface area (Å²) in [4.78, 5) is 11.6. The van der Waals surface area contributed by atoms with E-state index in [0.717, 1.165) is 12.2 Å². The number of aromatic nitrogens is 4. The molecule has 1 amide bonds. The molecule has 0 saturated heterocycles. The standard InChI is InChI=1S/C14H17N5O2/c20-14(15-8-11-2-1-3-11)9-21-13-6-4-12(5-7-13)19-10-16-17-18-19/h4-7,10-11H,1-3,8-9H2,(H,15,20). The van der Waals surface area contributed by atoms with Crippen molar-refractivity contribution in [3.8, 4) is 11.4 Å². The molecule has 21 heavy (non-hydrogen) atoms. The van der Waals surface area contributed by atoms with E-state index < -0.39 is 0 Å². The minimum absolute atomic E-state index is 0.0386. The van der Waals surface area contributed by atoms with Crippen molar-refractivity contribution in [2.45, 2.75) is 19.3 Å². The van der Waals surface area contributed by atoms with Crippen molar-refractivity contribution in [2.24, 2.45) is 5.92 Å². The molecule has 1 aliphatic carbocycles. The number of carbonyl (C=O) groups is 1. The molecule has 1 fully saturated rings. The minimum Gasteiger partial charge on any atom is -0.484 e. The molecule has 1 aliphatic rings. The number of hydrogen-bond donors (Lipinski definition) is 1. The Labute approximate surface area is 122 Å². The van der Waals surface area contributed by atoms with Crippen molar-refractivity contribution in [3.63, 3.8) is 0 Å². The second-order valence-electron chi connectivity index (χ2n) is 5.14. The number of carbonyl (C=O) groups excluding carboxylic acids is 1. The maximum Gasteiger partial charge on any atom is 0.257 e. The van der Waals surface area contributed by atoms with Crippen LogP contribution in [0, 0.1) is 5.92 Å². The number of benzene rings is 1. The molecular weight excluding hydrogens is 270 g/mol. The van der Waals surface area contributed by atoms with Gasteiger partial charge in [-0.2, -0.15) is 0 Å². The van der Waals surface area contributed by atoms with Crippen LogP contribution in [0.25, 0.3) is 5.69 Å². The van der Waals surface area contributed by atoms with E-state index in [1.807, 2.05) is 12.1 Å². The minimum atomic E-state index is -0.0774. The summed E-state index contributed by atoms with van der Waals surface area (Å²) in [5.41, 5.74) is 0.835. The number of ether oxygens (including phenoxy) is 1. The van der Waals surface area contributed by atoms with E-state index in [4.69, 9.17) is 4.74 Å². The Kier molecular flexibility index (Phi) is 4.09. The molecule has 1 heterocycles. The van der Waals surface area contributed by atoms with Gasteiger partial charge < -0.3 is 10.1 Å². The lowest BCUT2D eigenvalue weighted by Gasteiger charge is -2.25. The van der Waals surface area contributed by atoms with Crippen LogP contribution in [0.3, 0.4) is 0 Å². The van der Waals surface area contributed by atoms with Crippen LogP contribution in [-0.2, 0) is 4.79 Å². The summed E-state index contributed by atoms with van der Waals surface area (Å²) in [6.07, 6.45) is 5.24. The highest BCUT2D eigenvalue weighted by Gasteiger charge is 2.17. The highest BCUT2D eigenvalue weighted by Crippen LogP contribution is 2.25. The summed E-state index contributed by atoms with van der Waals surface area (Å²) in [5, 5.41) is 13.8. The van der Waals surface area contributed by atoms with Crippen molar-refractivity contribution in [1.82, 2.24) is 25.5 Å². The molecule has 0 bridgehead atoms. The van der Waals surface area contributed by atoms with Crippen molar-refractivity contribution in [3.05, 3.63) is 30.6 Å². The summed E-state index contributed by atoms with van der Waals surface area (Å²) in [6, 6.07) is 7.24. The first kappa shape index (κ1) is 13.5. The molecule has 0 unspecified atom stereocenters. The van der Waals surface area contributed by atoms with Gasteiger partial charge >= 0.3 is 0 Å². The monoisotopic (exact) mass is 287 g/mol. The SMILES string of the molecule is O=C(COc1ccc(-n2cnnn2)cc1)NCC1CCC1. The molecule has 0 spiro atoms. The molecule has 7 heteroatoms. The lowest BCUT2D eigenvalue weighted by atomic mass is 9.85. The normalized spacial score (nSPS) is 14.5. The van der Waals surface area contributed by atoms with Crippen LogP contribution in [0.5, 0.6) is 5.75 Å². The Morgan fingerprint density at radius 3 is 2.76 bits per heavy atom. The smallest absolute Gasteiger partial charge is 0.257 e. The van der Waals surface area contributed by atoms with Crippen LogP contribution in [0.1, 0.15) is 19.3 Å². The number of rotatable bonds is 6. The van der Waals surface area contributed by atoms with Gasteiger partial charge in [-0.15, -0.1) is 5.10 Å². The lowest BCUT2D eigenvalue weighted by Crippen LogP contribution is -2.35. The fourth-order valence-corrected chi connectivity index (χ4v) is 2.13. The van der Waals surface area contributed by atoms with Crippen LogP contribution in [0.4, 0.5) is 0 Å². The van der Waals surface area contributed by atoms with Crippen molar-refractivity contribution < 1.29 is 9.53 Å². The topological polar surface area (TPSA) is 81.9 Å². The quantitative estimate of drug-likeness (QED) is 0.855. The third kappa shape index (κ3) is 3.56. The Morgan fingerprint density at radius 2 is 2.14 bits per heavy atom. The van der Waals surface area contributed by atoms with Gasteiger partial charge in [0.2, 0.25) is 0 Å². The van der Waals surface area contributed by atoms with Crippen LogP contribution >= 0.6 is 0 Å². The first-order valence-corrected chi connectivity index (χ1v) is 7.04. The number of hydrogen-bond acceptors (Lipinski definition) is 5. The molecule has 7 nitrogen and oxygen atoms in total. The number of nitrogens with zero attached hydrogens (tertiary/aromatic N) is 4. The Hall–Kier alpha value is -2.44. The molecule has 1 N–H and O–H groups in total. The third-order valence-electron chi connectivity index (χ3n) is 3.63. The first-order valence-electron chi connectivity index (χ1n) is 7.04. The van der Waals surface area contributed by atoms with E-state index in [-0.39, 0.29) is 12.5 Å². The fourth-order valence-electron chi connectivity index (χ4n) is 2.13. The summed E-state index contributed by atoms with van der Waals surface area (Å²) < 4.78 is 7.00. The second-order valence-corrected chi connectivity index (χ2v) is 5.14. The van der Waals surface area contributed by atoms with Gasteiger partial charge in [0.1, 0.15) is 12.1 Å². The highest BCUT2D eigenvalue weighted by atomic mass is 16.5. The molecule has 3 rings (SSSR count). The fraction of sp³-hybridized carbons (Fsp3) is 0.429. The van der Waals surface area contributed by atoms with E-state index in [1.165, 1.54) is 25.6 Å². The molecule has 0 radical (unpaired) electrons. The number of tetrazole rings is 1. The summed E-state index contributed by atoms with van der Waals surface area (Å²) in [6.45, 7) is 0.803. The zero-order valence-electron chi connectivity index (χ0n) is 11.6. The van der Waals surface area contributed by atoms with Crippen molar-refractivity contribution in [1.29, 1.82) is 0 Å². The maximum atomic E-state index is 11.6. The van der Waals surface area contributed by atoms with E-state index >= 15 is 0 Å². The number of amides is 1. The van der Waals surface area contributed by atoms with Crippen LogP contribution in [0.15, 0.2) is 30.6 Å². The molecule has 2 aromatic rings. The zero-order chi connectivity index (χ0) is 14.5. The van der Waals surface area contributed by atoms with Gasteiger partial charge in [0.05, 0.1) is 5.69 Å². The largest absolute Gasteiger partial charge is 0.484 e. The van der Waals surface area contributed by atoms with Crippen LogP contribution in [-0.4, -0.2) is 39.3 Å². The molecular formula is C14H17N5O2. The first-order chi connectivity index (χ1) is 10.3. The predicted molar refractivity (Wildman–Crippen MR) is 75.0 cm³/mol. The highest BCUT2D eigenvalue weighted by molar-refractivity contribution is 5.77. The van der Waals surface area contributed by atoms with Gasteiger partial charge in [-0.1, -0.05) is 6.42 Å².